The van der Waals surface area contributed by atoms with Crippen LogP contribution >= 0.6 is 11.6 Å². The molecular formula is C26H30ClN3O5. The minimum Gasteiger partial charge on any atom is -0.497 e. The normalized spacial score (nSPS) is 21.9. The summed E-state index contributed by atoms with van der Waals surface area (Å²) in [6.07, 6.45) is 2.04. The number of piperidine rings is 1. The van der Waals surface area contributed by atoms with Crippen LogP contribution in [-0.2, 0) is 14.3 Å². The van der Waals surface area contributed by atoms with E-state index in [-0.39, 0.29) is 18.5 Å². The van der Waals surface area contributed by atoms with E-state index in [0.717, 1.165) is 42.8 Å². The van der Waals surface area contributed by atoms with Crippen LogP contribution in [0.1, 0.15) is 36.4 Å². The van der Waals surface area contributed by atoms with Crippen molar-refractivity contribution in [3.63, 3.8) is 0 Å². The quantitative estimate of drug-likeness (QED) is 0.600. The highest BCUT2D eigenvalue weighted by atomic mass is 35.5. The van der Waals surface area contributed by atoms with Gasteiger partial charge in [-0.25, -0.2) is 5.01 Å². The van der Waals surface area contributed by atoms with Gasteiger partial charge in [-0.3, -0.25) is 9.69 Å². The Kier molecular flexibility index (Phi) is 6.98. The van der Waals surface area contributed by atoms with E-state index in [9.17, 15) is 4.79 Å². The zero-order chi connectivity index (χ0) is 24.4. The number of hydrazone groups is 1. The molecule has 3 aliphatic rings. The number of benzene rings is 2. The van der Waals surface area contributed by atoms with Gasteiger partial charge in [0.1, 0.15) is 11.5 Å². The minimum atomic E-state index is -0.471. The molecule has 0 saturated carbocycles. The lowest BCUT2D eigenvalue weighted by Gasteiger charge is -2.37. The molecule has 0 aliphatic carbocycles. The lowest BCUT2D eigenvalue weighted by Crippen LogP contribution is -2.48. The van der Waals surface area contributed by atoms with Crippen molar-refractivity contribution in [3.05, 3.63) is 58.6 Å². The summed E-state index contributed by atoms with van der Waals surface area (Å²) in [7, 11) is 3.23. The maximum Gasteiger partial charge on any atom is 0.257 e. The van der Waals surface area contributed by atoms with E-state index in [4.69, 9.17) is 35.6 Å². The monoisotopic (exact) mass is 499 g/mol. The molecule has 2 saturated heterocycles. The van der Waals surface area contributed by atoms with Gasteiger partial charge in [-0.2, -0.15) is 5.10 Å². The number of likely N-dealkylation sites (tertiary alicyclic amines) is 1. The Labute approximate surface area is 210 Å². The van der Waals surface area contributed by atoms with Crippen molar-refractivity contribution in [3.8, 4) is 11.5 Å². The van der Waals surface area contributed by atoms with Crippen LogP contribution in [0.2, 0.25) is 5.02 Å². The van der Waals surface area contributed by atoms with Crippen molar-refractivity contribution >= 4 is 23.2 Å². The van der Waals surface area contributed by atoms with Crippen LogP contribution < -0.4 is 9.47 Å². The highest BCUT2D eigenvalue weighted by molar-refractivity contribution is 6.34. The van der Waals surface area contributed by atoms with Crippen LogP contribution in [0.15, 0.2) is 47.6 Å². The number of halogens is 1. The molecule has 9 heteroatoms. The number of amides is 1. The summed E-state index contributed by atoms with van der Waals surface area (Å²) in [5.41, 5.74) is 2.48. The van der Waals surface area contributed by atoms with Gasteiger partial charge in [0.05, 0.1) is 45.7 Å². The van der Waals surface area contributed by atoms with Crippen molar-refractivity contribution in [2.45, 2.75) is 31.1 Å². The third-order valence-electron chi connectivity index (χ3n) is 6.94. The average molecular weight is 500 g/mol. The molecule has 5 rings (SSSR count). The fourth-order valence-corrected chi connectivity index (χ4v) is 5.28. The molecule has 3 heterocycles. The second-order valence-electron chi connectivity index (χ2n) is 8.98. The largest absolute Gasteiger partial charge is 0.497 e. The van der Waals surface area contributed by atoms with Crippen molar-refractivity contribution in [2.24, 2.45) is 5.10 Å². The summed E-state index contributed by atoms with van der Waals surface area (Å²) in [6, 6.07) is 12.9. The van der Waals surface area contributed by atoms with Gasteiger partial charge in [-0.15, -0.1) is 0 Å². The van der Waals surface area contributed by atoms with E-state index >= 15 is 0 Å². The number of nitrogens with zero attached hydrogens (tertiary/aromatic N) is 3. The molecule has 0 bridgehead atoms. The smallest absolute Gasteiger partial charge is 0.257 e. The van der Waals surface area contributed by atoms with E-state index < -0.39 is 5.79 Å². The minimum absolute atomic E-state index is 0.0702. The molecule has 3 aliphatic heterocycles. The first-order valence-corrected chi connectivity index (χ1v) is 12.3. The Morgan fingerprint density at radius 1 is 1.11 bits per heavy atom. The molecule has 8 nitrogen and oxygen atoms in total. The van der Waals surface area contributed by atoms with Gasteiger partial charge in [0, 0.05) is 54.6 Å². The molecule has 0 unspecified atom stereocenters. The van der Waals surface area contributed by atoms with Crippen molar-refractivity contribution in [2.75, 3.05) is 47.1 Å². The van der Waals surface area contributed by atoms with E-state index in [1.165, 1.54) is 0 Å². The van der Waals surface area contributed by atoms with Crippen molar-refractivity contribution in [1.29, 1.82) is 0 Å². The Hall–Kier alpha value is -2.65. The molecule has 1 amide bonds. The van der Waals surface area contributed by atoms with Gasteiger partial charge in [0.2, 0.25) is 0 Å². The van der Waals surface area contributed by atoms with Crippen LogP contribution in [-0.4, -0.2) is 74.4 Å². The van der Waals surface area contributed by atoms with Gasteiger partial charge < -0.3 is 18.9 Å². The topological polar surface area (TPSA) is 72.8 Å². The predicted octanol–water partition coefficient (Wildman–Crippen LogP) is 3.87. The number of hydrogen-bond acceptors (Lipinski definition) is 7. The summed E-state index contributed by atoms with van der Waals surface area (Å²) in [5, 5.41) is 6.99. The second kappa shape index (κ2) is 10.1. The molecule has 2 aromatic carbocycles. The number of ether oxygens (including phenoxy) is 4. The lowest BCUT2D eigenvalue weighted by molar-refractivity contribution is -0.186. The Bertz CT molecular complexity index is 1110. The maximum atomic E-state index is 13.6. The first-order chi connectivity index (χ1) is 17.0. The summed E-state index contributed by atoms with van der Waals surface area (Å²) >= 11 is 6.48. The van der Waals surface area contributed by atoms with Crippen LogP contribution in [0.4, 0.5) is 0 Å². The molecule has 0 aromatic heterocycles. The SMILES string of the molecule is COc1ccc([C@@H]2CC(c3ccccc3Cl)=NN2C(=O)CN2CCC3(CC2)OCCO3)c(OC)c1. The van der Waals surface area contributed by atoms with E-state index in [1.807, 2.05) is 42.5 Å². The highest BCUT2D eigenvalue weighted by Gasteiger charge is 2.41. The lowest BCUT2D eigenvalue weighted by atomic mass is 9.97. The standard InChI is InChI=1S/C26H30ClN3O5/c1-32-18-7-8-20(24(15-18)33-2)23-16-22(19-5-3-4-6-21(19)27)28-30(23)25(31)17-29-11-9-26(10-12-29)34-13-14-35-26/h3-8,15,23H,9-14,16-17H2,1-2H3/t23-/m0/s1. The van der Waals surface area contributed by atoms with E-state index in [1.54, 1.807) is 19.2 Å². The van der Waals surface area contributed by atoms with Crippen LogP contribution in [0.5, 0.6) is 11.5 Å². The molecule has 2 aromatic rings. The summed E-state index contributed by atoms with van der Waals surface area (Å²) in [5.74, 6) is 0.798. The van der Waals surface area contributed by atoms with Gasteiger partial charge in [0.15, 0.2) is 5.79 Å². The number of rotatable bonds is 6. The second-order valence-corrected chi connectivity index (χ2v) is 9.38. The van der Waals surface area contributed by atoms with Crippen LogP contribution in [0.25, 0.3) is 0 Å². The molecular weight excluding hydrogens is 470 g/mol. The number of carbonyl (C=O) groups is 1. The molecule has 2 fully saturated rings. The number of carbonyl (C=O) groups excluding carboxylic acids is 1. The van der Waals surface area contributed by atoms with Gasteiger partial charge in [-0.05, 0) is 18.2 Å². The molecule has 35 heavy (non-hydrogen) atoms. The summed E-state index contributed by atoms with van der Waals surface area (Å²) < 4.78 is 22.7. The molecule has 186 valence electrons. The average Bonchev–Trinajstić information content (AvgIpc) is 3.53. The van der Waals surface area contributed by atoms with E-state index in [2.05, 4.69) is 4.90 Å². The van der Waals surface area contributed by atoms with Crippen molar-refractivity contribution in [1.82, 2.24) is 9.91 Å². The number of hydrogen-bond donors (Lipinski definition) is 0. The predicted molar refractivity (Wildman–Crippen MR) is 132 cm³/mol. The summed E-state index contributed by atoms with van der Waals surface area (Å²) in [6.45, 7) is 3.01. The third-order valence-corrected chi connectivity index (χ3v) is 7.27. The zero-order valence-electron chi connectivity index (χ0n) is 20.0. The number of methoxy groups -OCH3 is 2. The Morgan fingerprint density at radius 3 is 2.54 bits per heavy atom. The molecule has 0 N–H and O–H groups in total. The summed E-state index contributed by atoms with van der Waals surface area (Å²) in [4.78, 5) is 15.8. The van der Waals surface area contributed by atoms with Crippen LogP contribution in [0, 0.1) is 0 Å². The zero-order valence-corrected chi connectivity index (χ0v) is 20.8. The van der Waals surface area contributed by atoms with Gasteiger partial charge in [0.25, 0.3) is 5.91 Å². The van der Waals surface area contributed by atoms with Gasteiger partial charge >= 0.3 is 0 Å². The first kappa shape index (κ1) is 24.1. The van der Waals surface area contributed by atoms with Crippen LogP contribution in [0.3, 0.4) is 0 Å². The fourth-order valence-electron chi connectivity index (χ4n) is 5.04. The Balaban J connectivity index is 1.39. The molecule has 0 radical (unpaired) electrons. The fraction of sp³-hybridized carbons (Fsp3) is 0.462. The maximum absolute atomic E-state index is 13.6. The molecule has 1 spiro atoms. The Morgan fingerprint density at radius 2 is 1.86 bits per heavy atom. The molecule has 1 atom stereocenters. The van der Waals surface area contributed by atoms with Gasteiger partial charge in [-0.1, -0.05) is 29.8 Å². The van der Waals surface area contributed by atoms with E-state index in [0.29, 0.717) is 36.2 Å². The first-order valence-electron chi connectivity index (χ1n) is 11.9. The highest BCUT2D eigenvalue weighted by Crippen LogP contribution is 2.40. The third kappa shape index (κ3) is 4.89. The van der Waals surface area contributed by atoms with Crippen molar-refractivity contribution < 1.29 is 23.7 Å².